The predicted octanol–water partition coefficient (Wildman–Crippen LogP) is 5.52. The lowest BCUT2D eigenvalue weighted by molar-refractivity contribution is -0.275. The van der Waals surface area contributed by atoms with Crippen LogP contribution in [0.5, 0.6) is 17.2 Å². The monoisotopic (exact) mass is 717 g/mol. The molecule has 0 aliphatic carbocycles. The molecule has 1 aliphatic heterocycles. The van der Waals surface area contributed by atoms with Gasteiger partial charge in [-0.15, -0.1) is 13.2 Å². The third-order valence-electron chi connectivity index (χ3n) is 7.90. The predicted molar refractivity (Wildman–Crippen MR) is 175 cm³/mol. The van der Waals surface area contributed by atoms with Crippen LogP contribution in [0.4, 0.5) is 18.9 Å². The van der Waals surface area contributed by atoms with E-state index in [-0.39, 0.29) is 39.8 Å². The van der Waals surface area contributed by atoms with E-state index >= 15 is 4.79 Å². The first kappa shape index (κ1) is 35.5. The molecule has 10 nitrogen and oxygen atoms in total. The van der Waals surface area contributed by atoms with Crippen LogP contribution in [0.2, 0.25) is 5.02 Å². The number of alkyl halides is 3. The van der Waals surface area contributed by atoms with Crippen LogP contribution in [-0.4, -0.2) is 65.9 Å². The normalized spacial score (nSPS) is 16.6. The van der Waals surface area contributed by atoms with Gasteiger partial charge in [0, 0.05) is 36.3 Å². The third kappa shape index (κ3) is 6.76. The summed E-state index contributed by atoms with van der Waals surface area (Å²) in [5.41, 5.74) is -1.55. The highest BCUT2D eigenvalue weighted by Gasteiger charge is 2.59. The molecule has 5 rings (SSSR count). The minimum Gasteiger partial charge on any atom is -0.497 e. The first-order valence-electron chi connectivity index (χ1n) is 14.6. The third-order valence-corrected chi connectivity index (χ3v) is 9.88. The Bertz CT molecular complexity index is 1990. The molecule has 258 valence electrons. The summed E-state index contributed by atoms with van der Waals surface area (Å²) in [6.07, 6.45) is -5.23. The van der Waals surface area contributed by atoms with Crippen molar-refractivity contribution in [3.63, 3.8) is 0 Å². The van der Waals surface area contributed by atoms with Crippen LogP contribution in [0, 0.1) is 0 Å². The average Bonchev–Trinajstić information content (AvgIpc) is 3.31. The van der Waals surface area contributed by atoms with Gasteiger partial charge in [-0.25, -0.2) is 12.7 Å². The van der Waals surface area contributed by atoms with Crippen LogP contribution < -0.4 is 23.8 Å². The molecule has 0 spiro atoms. The topological polar surface area (TPSA) is 114 Å². The van der Waals surface area contributed by atoms with Gasteiger partial charge in [0.25, 0.3) is 15.9 Å². The van der Waals surface area contributed by atoms with Crippen LogP contribution >= 0.6 is 11.6 Å². The van der Waals surface area contributed by atoms with Crippen LogP contribution in [0.25, 0.3) is 0 Å². The van der Waals surface area contributed by atoms with Gasteiger partial charge in [-0.2, -0.15) is 0 Å². The number of likely N-dealkylation sites (N-methyl/N-ethyl adjacent to an activating group) is 1. The zero-order valence-electron chi connectivity index (χ0n) is 26.6. The highest BCUT2D eigenvalue weighted by atomic mass is 35.5. The Kier molecular flexibility index (Phi) is 9.86. The number of rotatable bonds is 11. The number of carbonyl (C=O) groups excluding carboxylic acids is 2. The summed E-state index contributed by atoms with van der Waals surface area (Å²) in [6, 6.07) is 20.8. The van der Waals surface area contributed by atoms with Crippen LogP contribution in [0.15, 0.2) is 95.9 Å². The van der Waals surface area contributed by atoms with Gasteiger partial charge in [0.1, 0.15) is 16.4 Å². The van der Waals surface area contributed by atoms with Gasteiger partial charge < -0.3 is 19.1 Å². The average molecular weight is 718 g/mol. The molecule has 0 bridgehead atoms. The molecule has 2 atom stereocenters. The van der Waals surface area contributed by atoms with Crippen molar-refractivity contribution < 1.29 is 45.4 Å². The second-order valence-corrected chi connectivity index (χ2v) is 13.4. The molecule has 49 heavy (non-hydrogen) atoms. The number of nitrogens with one attached hydrogen (secondary N) is 1. The molecule has 2 amide bonds. The van der Waals surface area contributed by atoms with E-state index in [2.05, 4.69) is 10.1 Å². The van der Waals surface area contributed by atoms with E-state index in [1.165, 1.54) is 57.5 Å². The number of nitrogens with zero attached hydrogens (tertiary/aromatic N) is 2. The molecule has 4 aromatic carbocycles. The molecule has 0 saturated carbocycles. The smallest absolute Gasteiger partial charge is 0.497 e. The molecule has 0 fully saturated rings. The Morgan fingerprint density at radius 3 is 2.22 bits per heavy atom. The lowest BCUT2D eigenvalue weighted by Crippen LogP contribution is -2.59. The number of hydrogen-bond acceptors (Lipinski definition) is 8. The van der Waals surface area contributed by atoms with Crippen molar-refractivity contribution in [1.29, 1.82) is 0 Å². The van der Waals surface area contributed by atoms with E-state index in [0.717, 1.165) is 23.8 Å². The molecule has 1 aliphatic rings. The molecule has 1 heterocycles. The van der Waals surface area contributed by atoms with Gasteiger partial charge in [-0.05, 0) is 48.4 Å². The van der Waals surface area contributed by atoms with Gasteiger partial charge in [0.2, 0.25) is 5.91 Å². The Morgan fingerprint density at radius 1 is 0.918 bits per heavy atom. The van der Waals surface area contributed by atoms with Crippen LogP contribution in [0.3, 0.4) is 0 Å². The van der Waals surface area contributed by atoms with Crippen LogP contribution in [-0.2, 0) is 31.6 Å². The van der Waals surface area contributed by atoms with Gasteiger partial charge in [0.15, 0.2) is 11.3 Å². The molecular weight excluding hydrogens is 687 g/mol. The van der Waals surface area contributed by atoms with E-state index in [4.69, 9.17) is 21.1 Å². The number of ether oxygens (including phenoxy) is 3. The fourth-order valence-electron chi connectivity index (χ4n) is 5.79. The van der Waals surface area contributed by atoms with Crippen molar-refractivity contribution in [2.75, 3.05) is 32.6 Å². The van der Waals surface area contributed by atoms with Crippen molar-refractivity contribution in [2.24, 2.45) is 0 Å². The number of halogens is 4. The molecule has 0 saturated heterocycles. The zero-order valence-corrected chi connectivity index (χ0v) is 28.2. The highest BCUT2D eigenvalue weighted by Crippen LogP contribution is 2.51. The van der Waals surface area contributed by atoms with Crippen molar-refractivity contribution >= 4 is 39.1 Å². The fraction of sp³-hybridized carbons (Fsp3) is 0.235. The number of hydrogen-bond donors (Lipinski definition) is 1. The number of anilines is 1. The second-order valence-electron chi connectivity index (χ2n) is 11.2. The Hall–Kier alpha value is -4.79. The van der Waals surface area contributed by atoms with Crippen LogP contribution in [0.1, 0.15) is 16.7 Å². The molecule has 15 heteroatoms. The number of para-hydroxylation sites is 1. The summed E-state index contributed by atoms with van der Waals surface area (Å²) in [4.78, 5) is 29.3. The maximum Gasteiger partial charge on any atom is 0.573 e. The Balaban J connectivity index is 1.80. The van der Waals surface area contributed by atoms with E-state index in [9.17, 15) is 26.4 Å². The molecule has 1 N–H and O–H groups in total. The maximum absolute atomic E-state index is 15.2. The van der Waals surface area contributed by atoms with E-state index in [0.29, 0.717) is 4.31 Å². The van der Waals surface area contributed by atoms with E-state index in [1.807, 2.05) is 0 Å². The lowest BCUT2D eigenvalue weighted by atomic mass is 9.81. The number of fused-ring (bicyclic) bond motifs is 1. The number of carbonyl (C=O) groups is 2. The number of methoxy groups -OCH3 is 2. The minimum atomic E-state index is -5.29. The van der Waals surface area contributed by atoms with E-state index < -0.39 is 50.4 Å². The molecule has 0 aromatic heterocycles. The molecular formula is C34H31ClF3N3O7S. The van der Waals surface area contributed by atoms with Gasteiger partial charge in [0.05, 0.1) is 25.9 Å². The molecule has 4 aromatic rings. The van der Waals surface area contributed by atoms with Crippen molar-refractivity contribution in [3.8, 4) is 17.2 Å². The fourth-order valence-corrected chi connectivity index (χ4v) is 7.52. The van der Waals surface area contributed by atoms with Gasteiger partial charge in [-0.1, -0.05) is 60.1 Å². The van der Waals surface area contributed by atoms with Crippen molar-refractivity contribution in [1.82, 2.24) is 10.2 Å². The summed E-state index contributed by atoms with van der Waals surface area (Å²) in [7, 11) is 0.402. The van der Waals surface area contributed by atoms with Gasteiger partial charge in [-0.3, -0.25) is 14.9 Å². The quantitative estimate of drug-likeness (QED) is 0.216. The largest absolute Gasteiger partial charge is 0.573 e. The summed E-state index contributed by atoms with van der Waals surface area (Å²) in [5.74, 6) is -2.72. The number of amides is 2. The molecule has 1 unspecified atom stereocenters. The number of sulfonamides is 1. The van der Waals surface area contributed by atoms with Crippen molar-refractivity contribution in [3.05, 3.63) is 113 Å². The lowest BCUT2D eigenvalue weighted by Gasteiger charge is -2.36. The maximum atomic E-state index is 15.2. The second kappa shape index (κ2) is 13.6. The zero-order chi connectivity index (χ0) is 35.7. The van der Waals surface area contributed by atoms with Gasteiger partial charge >= 0.3 is 6.36 Å². The Labute approximate surface area is 286 Å². The summed E-state index contributed by atoms with van der Waals surface area (Å²) < 4.78 is 84.9. The highest BCUT2D eigenvalue weighted by molar-refractivity contribution is 7.93. The SMILES string of the molecule is COc1ccc(S(=O)(=O)N2C(=O)C(N[C@@H](Cc3ccccc3)C(=O)N(C)C)(c3ccccc3OC)c3cc(Cl)ccc32)c(OC(F)(F)F)c1. The first-order chi connectivity index (χ1) is 23.1. The number of benzene rings is 4. The summed E-state index contributed by atoms with van der Waals surface area (Å²) >= 11 is 6.48. The first-order valence-corrected chi connectivity index (χ1v) is 16.5. The Morgan fingerprint density at radius 2 is 1.59 bits per heavy atom. The molecule has 0 radical (unpaired) electrons. The standard InChI is InChI=1S/C34H31ClF3N3O7S/c1-40(2)31(42)26(18-21-10-6-5-7-11-21)39-33(24-12-8-9-13-28(24)47-4)25-19-22(35)14-16-27(25)41(32(33)43)49(44,45)30-17-15-23(46-3)20-29(30)48-34(36,37)38/h5-17,19-20,26,39H,18H2,1-4H3/t26-,33?/m0/s1. The summed E-state index contributed by atoms with van der Waals surface area (Å²) in [5, 5.41) is 3.30. The van der Waals surface area contributed by atoms with E-state index in [1.54, 1.807) is 48.5 Å². The summed E-state index contributed by atoms with van der Waals surface area (Å²) in [6.45, 7) is 0. The van der Waals surface area contributed by atoms with Crippen molar-refractivity contribution in [2.45, 2.75) is 29.3 Å². The minimum absolute atomic E-state index is 0.00879.